The molecule has 1 aliphatic heterocycles. The predicted octanol–water partition coefficient (Wildman–Crippen LogP) is 0.773. The van der Waals surface area contributed by atoms with Crippen LogP contribution in [-0.2, 0) is 4.74 Å². The van der Waals surface area contributed by atoms with Gasteiger partial charge in [-0.2, -0.15) is 0 Å². The van der Waals surface area contributed by atoms with Crippen molar-refractivity contribution in [2.45, 2.75) is 24.6 Å². The number of rotatable bonds is 3. The van der Waals surface area contributed by atoms with Crippen molar-refractivity contribution in [2.75, 3.05) is 13.7 Å². The van der Waals surface area contributed by atoms with E-state index in [1.165, 1.54) is 30.1 Å². The summed E-state index contributed by atoms with van der Waals surface area (Å²) < 4.78 is 39.3. The minimum atomic E-state index is -1.73. The van der Waals surface area contributed by atoms with Crippen molar-refractivity contribution in [3.05, 3.63) is 24.3 Å². The van der Waals surface area contributed by atoms with Crippen LogP contribution in [0.25, 0.3) is 11.0 Å². The summed E-state index contributed by atoms with van der Waals surface area (Å²) in [5.74, 6) is -0.579. The Balaban J connectivity index is 2.05. The van der Waals surface area contributed by atoms with E-state index in [1.54, 1.807) is 0 Å². The molecule has 114 valence electrons. The maximum absolute atomic E-state index is 14.1. The van der Waals surface area contributed by atoms with Crippen LogP contribution in [0.4, 0.5) is 8.78 Å². The summed E-state index contributed by atoms with van der Waals surface area (Å²) in [6, 6.07) is 2.55. The zero-order valence-corrected chi connectivity index (χ0v) is 11.1. The molecule has 1 aromatic carbocycles. The van der Waals surface area contributed by atoms with Crippen LogP contribution in [-0.4, -0.2) is 51.9 Å². The molecule has 1 aromatic heterocycles. The number of aromatic nitrogens is 2. The Bertz CT molecular complexity index is 663. The molecule has 1 saturated heterocycles. The van der Waals surface area contributed by atoms with Gasteiger partial charge in [-0.3, -0.25) is 0 Å². The molecule has 6 nitrogen and oxygen atoms in total. The minimum Gasteiger partial charge on any atom is -0.494 e. The maximum Gasteiger partial charge on any atom is 0.173 e. The number of nitrogens with zero attached hydrogens (tertiary/aromatic N) is 2. The Morgan fingerprint density at radius 1 is 1.48 bits per heavy atom. The number of hydrogen-bond acceptors (Lipinski definition) is 5. The number of aliphatic hydroxyl groups is 2. The van der Waals surface area contributed by atoms with Gasteiger partial charge in [-0.25, -0.2) is 13.8 Å². The topological polar surface area (TPSA) is 76.7 Å². The molecule has 3 rings (SSSR count). The van der Waals surface area contributed by atoms with Crippen molar-refractivity contribution in [3.63, 3.8) is 0 Å². The molecule has 0 amide bonds. The summed E-state index contributed by atoms with van der Waals surface area (Å²) in [5, 5.41) is 18.7. The summed E-state index contributed by atoms with van der Waals surface area (Å²) >= 11 is 0. The highest BCUT2D eigenvalue weighted by Gasteiger charge is 2.45. The summed E-state index contributed by atoms with van der Waals surface area (Å²) in [7, 11) is 1.32. The van der Waals surface area contributed by atoms with Crippen LogP contribution in [0.3, 0.4) is 0 Å². The van der Waals surface area contributed by atoms with Crippen LogP contribution in [0.1, 0.15) is 6.23 Å². The molecule has 0 aliphatic carbocycles. The van der Waals surface area contributed by atoms with E-state index in [1.807, 2.05) is 0 Å². The fourth-order valence-electron chi connectivity index (χ4n) is 2.47. The lowest BCUT2D eigenvalue weighted by Gasteiger charge is -2.16. The normalized spacial score (nSPS) is 29.2. The van der Waals surface area contributed by atoms with E-state index in [-0.39, 0.29) is 5.75 Å². The number of ether oxygens (including phenoxy) is 2. The Hall–Kier alpha value is -1.77. The van der Waals surface area contributed by atoms with Crippen LogP contribution in [0.2, 0.25) is 0 Å². The molecule has 1 fully saturated rings. The van der Waals surface area contributed by atoms with Gasteiger partial charge >= 0.3 is 0 Å². The zero-order chi connectivity index (χ0) is 15.1. The lowest BCUT2D eigenvalue weighted by Crippen LogP contribution is -2.30. The fourth-order valence-corrected chi connectivity index (χ4v) is 2.47. The van der Waals surface area contributed by atoms with Gasteiger partial charge < -0.3 is 24.3 Å². The third-order valence-corrected chi connectivity index (χ3v) is 3.60. The molecule has 1 aliphatic rings. The first-order valence-corrected chi connectivity index (χ1v) is 6.35. The third-order valence-electron chi connectivity index (χ3n) is 3.60. The highest BCUT2D eigenvalue weighted by Crippen LogP contribution is 2.35. The molecular formula is C13H14F2N2O4. The van der Waals surface area contributed by atoms with E-state index in [9.17, 15) is 13.9 Å². The standard InChI is InChI=1S/C13H14F2N2O4/c1-20-9-3-8-7(2-6(9)14)16-5-17(8)13-11(15)12(19)10(4-18)21-13/h2-3,5,10-13,18-19H,4H2,1H3/t10-,11+,12-,13-/m1/s1. The van der Waals surface area contributed by atoms with Crippen LogP contribution >= 0.6 is 0 Å². The van der Waals surface area contributed by atoms with Crippen molar-refractivity contribution in [1.29, 1.82) is 0 Å². The number of imidazole rings is 1. The molecule has 2 heterocycles. The van der Waals surface area contributed by atoms with E-state index >= 15 is 0 Å². The molecule has 0 spiro atoms. The number of methoxy groups -OCH3 is 1. The molecule has 0 unspecified atom stereocenters. The summed E-state index contributed by atoms with van der Waals surface area (Å²) in [6.07, 6.45) is -4.01. The van der Waals surface area contributed by atoms with E-state index < -0.39 is 37.0 Å². The Labute approximate surface area is 118 Å². The van der Waals surface area contributed by atoms with Crippen molar-refractivity contribution in [1.82, 2.24) is 9.55 Å². The average Bonchev–Trinajstić information content (AvgIpc) is 3.00. The molecule has 21 heavy (non-hydrogen) atoms. The smallest absolute Gasteiger partial charge is 0.173 e. The number of fused-ring (bicyclic) bond motifs is 1. The summed E-state index contributed by atoms with van der Waals surface area (Å²) in [5.41, 5.74) is 0.720. The van der Waals surface area contributed by atoms with Gasteiger partial charge in [0.05, 0.1) is 31.1 Å². The van der Waals surface area contributed by atoms with Crippen molar-refractivity contribution in [3.8, 4) is 5.75 Å². The second-order valence-electron chi connectivity index (χ2n) is 4.81. The predicted molar refractivity (Wildman–Crippen MR) is 68.1 cm³/mol. The number of alkyl halides is 1. The average molecular weight is 300 g/mol. The SMILES string of the molecule is COc1cc2c(cc1F)ncn2[C@@H]1O[C@H](CO)[C@@H](O)[C@@H]1F. The minimum absolute atomic E-state index is 0.00286. The molecule has 4 atom stereocenters. The highest BCUT2D eigenvalue weighted by molar-refractivity contribution is 5.77. The van der Waals surface area contributed by atoms with Crippen LogP contribution in [0.15, 0.2) is 18.5 Å². The van der Waals surface area contributed by atoms with Crippen molar-refractivity contribution >= 4 is 11.0 Å². The van der Waals surface area contributed by atoms with Crippen LogP contribution in [0.5, 0.6) is 5.75 Å². The summed E-state index contributed by atoms with van der Waals surface area (Å²) in [4.78, 5) is 3.99. The molecule has 8 heteroatoms. The van der Waals surface area contributed by atoms with Gasteiger partial charge in [-0.05, 0) is 0 Å². The van der Waals surface area contributed by atoms with Gasteiger partial charge in [0, 0.05) is 12.1 Å². The molecule has 2 aromatic rings. The lowest BCUT2D eigenvalue weighted by atomic mass is 10.1. The molecule has 0 saturated carbocycles. The Morgan fingerprint density at radius 2 is 2.24 bits per heavy atom. The van der Waals surface area contributed by atoms with Crippen LogP contribution < -0.4 is 4.74 Å². The molecule has 0 radical (unpaired) electrons. The van der Waals surface area contributed by atoms with Crippen molar-refractivity contribution < 1.29 is 28.5 Å². The first-order valence-electron chi connectivity index (χ1n) is 6.35. The fraction of sp³-hybridized carbons (Fsp3) is 0.462. The Kier molecular flexibility index (Phi) is 3.52. The number of hydrogen-bond donors (Lipinski definition) is 2. The number of halogens is 2. The Morgan fingerprint density at radius 3 is 2.86 bits per heavy atom. The van der Waals surface area contributed by atoms with Gasteiger partial charge in [0.25, 0.3) is 0 Å². The van der Waals surface area contributed by atoms with Gasteiger partial charge in [0.2, 0.25) is 0 Å². The quantitative estimate of drug-likeness (QED) is 0.875. The van der Waals surface area contributed by atoms with Crippen molar-refractivity contribution in [2.24, 2.45) is 0 Å². The number of aliphatic hydroxyl groups excluding tert-OH is 2. The van der Waals surface area contributed by atoms with E-state index in [2.05, 4.69) is 4.98 Å². The second kappa shape index (κ2) is 5.21. The largest absolute Gasteiger partial charge is 0.494 e. The maximum atomic E-state index is 14.1. The zero-order valence-electron chi connectivity index (χ0n) is 11.1. The van der Waals surface area contributed by atoms with Gasteiger partial charge in [0.1, 0.15) is 12.2 Å². The van der Waals surface area contributed by atoms with Crippen LogP contribution in [0, 0.1) is 5.82 Å². The van der Waals surface area contributed by atoms with E-state index in [0.717, 1.165) is 0 Å². The first-order chi connectivity index (χ1) is 10.1. The third kappa shape index (κ3) is 2.15. The molecular weight excluding hydrogens is 286 g/mol. The van der Waals surface area contributed by atoms with Gasteiger partial charge in [0.15, 0.2) is 24.0 Å². The van der Waals surface area contributed by atoms with Gasteiger partial charge in [-0.15, -0.1) is 0 Å². The molecule has 0 bridgehead atoms. The first kappa shape index (κ1) is 14.2. The highest BCUT2D eigenvalue weighted by atomic mass is 19.1. The monoisotopic (exact) mass is 300 g/mol. The molecule has 2 N–H and O–H groups in total. The lowest BCUT2D eigenvalue weighted by molar-refractivity contribution is -0.0457. The van der Waals surface area contributed by atoms with E-state index in [4.69, 9.17) is 14.6 Å². The summed E-state index contributed by atoms with van der Waals surface area (Å²) in [6.45, 7) is -0.497. The second-order valence-corrected chi connectivity index (χ2v) is 4.81. The number of benzene rings is 1. The van der Waals surface area contributed by atoms with E-state index in [0.29, 0.717) is 11.0 Å². The van der Waals surface area contributed by atoms with Gasteiger partial charge in [-0.1, -0.05) is 0 Å².